The van der Waals surface area contributed by atoms with E-state index in [-0.39, 0.29) is 12.5 Å². The summed E-state index contributed by atoms with van der Waals surface area (Å²) < 4.78 is 10.8. The predicted molar refractivity (Wildman–Crippen MR) is 112 cm³/mol. The Morgan fingerprint density at radius 1 is 1.17 bits per heavy atom. The number of piperazine rings is 1. The van der Waals surface area contributed by atoms with Crippen LogP contribution in [0.25, 0.3) is 11.4 Å². The molecule has 0 atom stereocenters. The highest BCUT2D eigenvalue weighted by atomic mass is 16.5. The number of benzene rings is 1. The molecule has 1 aromatic carbocycles. The van der Waals surface area contributed by atoms with E-state index in [0.29, 0.717) is 31.2 Å². The Morgan fingerprint density at radius 3 is 2.67 bits per heavy atom. The molecule has 3 aromatic rings. The van der Waals surface area contributed by atoms with Crippen molar-refractivity contribution in [2.75, 3.05) is 37.7 Å². The molecule has 0 bridgehead atoms. The standard InChI is InChI=1S/C22H25N5O3/c1-3-20-24-22(25-30-20)17-7-8-19(23-14-17)26-9-11-27(12-10-26)21(28)15-29-18-6-4-5-16(2)13-18/h4-8,13-14H,3,9-12,15H2,1-2H3. The molecule has 3 heterocycles. The lowest BCUT2D eigenvalue weighted by molar-refractivity contribution is -0.133. The SMILES string of the molecule is CCc1nc(-c2ccc(N3CCN(C(=O)COc4cccc(C)c4)CC3)nc2)no1. The molecule has 8 nitrogen and oxygen atoms in total. The molecule has 0 spiro atoms. The molecule has 30 heavy (non-hydrogen) atoms. The molecular formula is C22H25N5O3. The van der Waals surface area contributed by atoms with Gasteiger partial charge in [0.15, 0.2) is 6.61 Å². The van der Waals surface area contributed by atoms with Gasteiger partial charge in [0, 0.05) is 44.4 Å². The number of rotatable bonds is 6. The largest absolute Gasteiger partial charge is 0.484 e. The van der Waals surface area contributed by atoms with Crippen molar-refractivity contribution in [2.24, 2.45) is 0 Å². The molecule has 8 heteroatoms. The van der Waals surface area contributed by atoms with E-state index >= 15 is 0 Å². The van der Waals surface area contributed by atoms with Gasteiger partial charge < -0.3 is 19.1 Å². The van der Waals surface area contributed by atoms with Crippen LogP contribution in [0.1, 0.15) is 18.4 Å². The third-order valence-corrected chi connectivity index (χ3v) is 5.08. The highest BCUT2D eigenvalue weighted by molar-refractivity contribution is 5.78. The lowest BCUT2D eigenvalue weighted by atomic mass is 10.2. The zero-order valence-corrected chi connectivity index (χ0v) is 17.2. The minimum Gasteiger partial charge on any atom is -0.484 e. The van der Waals surface area contributed by atoms with Gasteiger partial charge in [-0.05, 0) is 36.8 Å². The summed E-state index contributed by atoms with van der Waals surface area (Å²) >= 11 is 0. The van der Waals surface area contributed by atoms with E-state index in [2.05, 4.69) is 20.0 Å². The molecule has 1 fully saturated rings. The average Bonchev–Trinajstić information content (AvgIpc) is 3.27. The Morgan fingerprint density at radius 2 is 2.00 bits per heavy atom. The number of nitrogens with zero attached hydrogens (tertiary/aromatic N) is 5. The van der Waals surface area contributed by atoms with E-state index in [9.17, 15) is 4.79 Å². The van der Waals surface area contributed by atoms with Gasteiger partial charge in [-0.1, -0.05) is 24.2 Å². The molecule has 156 valence electrons. The van der Waals surface area contributed by atoms with Crippen LogP contribution >= 0.6 is 0 Å². The molecule has 1 aliphatic rings. The fourth-order valence-corrected chi connectivity index (χ4v) is 3.35. The third kappa shape index (κ3) is 4.59. The van der Waals surface area contributed by atoms with Gasteiger partial charge in [0.05, 0.1) is 0 Å². The first-order valence-corrected chi connectivity index (χ1v) is 10.1. The second-order valence-corrected chi connectivity index (χ2v) is 7.24. The number of anilines is 1. The number of hydrogen-bond donors (Lipinski definition) is 0. The molecule has 1 saturated heterocycles. The zero-order valence-electron chi connectivity index (χ0n) is 17.2. The van der Waals surface area contributed by atoms with Crippen LogP contribution in [0.5, 0.6) is 5.75 Å². The first-order valence-electron chi connectivity index (χ1n) is 10.1. The van der Waals surface area contributed by atoms with Crippen molar-refractivity contribution in [3.63, 3.8) is 0 Å². The van der Waals surface area contributed by atoms with Gasteiger partial charge in [0.25, 0.3) is 5.91 Å². The van der Waals surface area contributed by atoms with E-state index < -0.39 is 0 Å². The van der Waals surface area contributed by atoms with Gasteiger partial charge in [-0.2, -0.15) is 4.98 Å². The minimum absolute atomic E-state index is 0.00305. The summed E-state index contributed by atoms with van der Waals surface area (Å²) in [5.41, 5.74) is 1.93. The van der Waals surface area contributed by atoms with Crippen LogP contribution in [-0.4, -0.2) is 58.7 Å². The molecular weight excluding hydrogens is 382 g/mol. The number of aromatic nitrogens is 3. The summed E-state index contributed by atoms with van der Waals surface area (Å²) in [7, 11) is 0. The summed E-state index contributed by atoms with van der Waals surface area (Å²) in [6.07, 6.45) is 2.46. The normalized spacial score (nSPS) is 14.1. The van der Waals surface area contributed by atoms with Crippen LogP contribution in [0.2, 0.25) is 0 Å². The maximum atomic E-state index is 12.5. The fraction of sp³-hybridized carbons (Fsp3) is 0.364. The quantitative estimate of drug-likeness (QED) is 0.621. The van der Waals surface area contributed by atoms with Crippen molar-refractivity contribution in [3.8, 4) is 17.1 Å². The van der Waals surface area contributed by atoms with Crippen molar-refractivity contribution in [1.29, 1.82) is 0 Å². The smallest absolute Gasteiger partial charge is 0.260 e. The third-order valence-electron chi connectivity index (χ3n) is 5.08. The summed E-state index contributed by atoms with van der Waals surface area (Å²) in [5, 5.41) is 3.98. The number of aryl methyl sites for hydroxylation is 2. The molecule has 0 saturated carbocycles. The second kappa shape index (κ2) is 8.94. The summed E-state index contributed by atoms with van der Waals surface area (Å²) in [6.45, 7) is 6.77. The molecule has 0 N–H and O–H groups in total. The Bertz CT molecular complexity index is 994. The highest BCUT2D eigenvalue weighted by Gasteiger charge is 2.22. The minimum atomic E-state index is 0.00305. The number of amides is 1. The molecule has 1 amide bonds. The van der Waals surface area contributed by atoms with Gasteiger partial charge in [-0.3, -0.25) is 4.79 Å². The van der Waals surface area contributed by atoms with E-state index in [1.165, 1.54) is 0 Å². The predicted octanol–water partition coefficient (Wildman–Crippen LogP) is 2.73. The van der Waals surface area contributed by atoms with Crippen molar-refractivity contribution < 1.29 is 14.1 Å². The maximum absolute atomic E-state index is 12.5. The Hall–Kier alpha value is -3.42. The molecule has 0 radical (unpaired) electrons. The lowest BCUT2D eigenvalue weighted by Gasteiger charge is -2.35. The molecule has 0 aliphatic carbocycles. The van der Waals surface area contributed by atoms with Gasteiger partial charge in [0.2, 0.25) is 11.7 Å². The highest BCUT2D eigenvalue weighted by Crippen LogP contribution is 2.20. The molecule has 2 aromatic heterocycles. The van der Waals surface area contributed by atoms with E-state index in [4.69, 9.17) is 9.26 Å². The average molecular weight is 407 g/mol. The molecule has 0 unspecified atom stereocenters. The number of carbonyl (C=O) groups excluding carboxylic acids is 1. The van der Waals surface area contributed by atoms with Gasteiger partial charge >= 0.3 is 0 Å². The maximum Gasteiger partial charge on any atom is 0.260 e. The molecule has 4 rings (SSSR count). The monoisotopic (exact) mass is 407 g/mol. The zero-order chi connectivity index (χ0) is 20.9. The van der Waals surface area contributed by atoms with Gasteiger partial charge in [-0.25, -0.2) is 4.98 Å². The Labute approximate surface area is 175 Å². The van der Waals surface area contributed by atoms with E-state index in [1.807, 2.05) is 55.1 Å². The van der Waals surface area contributed by atoms with Gasteiger partial charge in [-0.15, -0.1) is 0 Å². The van der Waals surface area contributed by atoms with E-state index in [0.717, 1.165) is 35.8 Å². The summed E-state index contributed by atoms with van der Waals surface area (Å²) in [4.78, 5) is 25.4. The number of carbonyl (C=O) groups is 1. The number of hydrogen-bond acceptors (Lipinski definition) is 7. The molecule has 1 aliphatic heterocycles. The van der Waals surface area contributed by atoms with Crippen molar-refractivity contribution in [2.45, 2.75) is 20.3 Å². The van der Waals surface area contributed by atoms with Crippen LogP contribution in [0.4, 0.5) is 5.82 Å². The van der Waals surface area contributed by atoms with Crippen LogP contribution in [0, 0.1) is 6.92 Å². The van der Waals surface area contributed by atoms with Crippen LogP contribution < -0.4 is 9.64 Å². The topological polar surface area (TPSA) is 84.6 Å². The first-order chi connectivity index (χ1) is 14.6. The Kier molecular flexibility index (Phi) is 5.92. The van der Waals surface area contributed by atoms with Crippen LogP contribution in [0.3, 0.4) is 0 Å². The summed E-state index contributed by atoms with van der Waals surface area (Å²) in [6, 6.07) is 11.6. The number of pyridine rings is 1. The van der Waals surface area contributed by atoms with Crippen molar-refractivity contribution in [1.82, 2.24) is 20.0 Å². The van der Waals surface area contributed by atoms with Gasteiger partial charge in [0.1, 0.15) is 11.6 Å². The fourth-order valence-electron chi connectivity index (χ4n) is 3.35. The van der Waals surface area contributed by atoms with Crippen LogP contribution in [0.15, 0.2) is 47.1 Å². The number of ether oxygens (including phenoxy) is 1. The lowest BCUT2D eigenvalue weighted by Crippen LogP contribution is -2.50. The second-order valence-electron chi connectivity index (χ2n) is 7.24. The van der Waals surface area contributed by atoms with Crippen molar-refractivity contribution in [3.05, 3.63) is 54.0 Å². The van der Waals surface area contributed by atoms with Crippen molar-refractivity contribution >= 4 is 11.7 Å². The Balaban J connectivity index is 1.29. The first kappa shape index (κ1) is 19.9. The summed E-state index contributed by atoms with van der Waals surface area (Å²) in [5.74, 6) is 2.76. The van der Waals surface area contributed by atoms with Crippen LogP contribution in [-0.2, 0) is 11.2 Å². The van der Waals surface area contributed by atoms with E-state index in [1.54, 1.807) is 6.20 Å².